The Labute approximate surface area is 118 Å². The zero-order valence-electron chi connectivity index (χ0n) is 10.8. The van der Waals surface area contributed by atoms with Crippen LogP contribution in [0.5, 0.6) is 11.5 Å². The van der Waals surface area contributed by atoms with Gasteiger partial charge in [-0.2, -0.15) is 0 Å². The molecule has 0 radical (unpaired) electrons. The Bertz CT molecular complexity index is 1080. The molecule has 0 spiro atoms. The molecule has 1 heterocycles. The van der Waals surface area contributed by atoms with Gasteiger partial charge in [0.1, 0.15) is 11.2 Å². The van der Waals surface area contributed by atoms with Crippen LogP contribution in [-0.2, 0) is 0 Å². The highest BCUT2D eigenvalue weighted by molar-refractivity contribution is 6.00. The fraction of sp³-hybridized carbons (Fsp3) is 0. The normalized spacial score (nSPS) is 11.4. The lowest BCUT2D eigenvalue weighted by Gasteiger charge is -2.05. The number of phenolic OH excluding ortho intramolecular Hbond substituents is 2. The van der Waals surface area contributed by atoms with Gasteiger partial charge in [-0.25, -0.2) is 0 Å². The molecule has 0 fully saturated rings. The summed E-state index contributed by atoms with van der Waals surface area (Å²) in [5, 5.41) is 21.5. The van der Waals surface area contributed by atoms with Crippen molar-refractivity contribution >= 4 is 32.7 Å². The van der Waals surface area contributed by atoms with Crippen LogP contribution in [0.4, 0.5) is 0 Å². The third-order valence-electron chi connectivity index (χ3n) is 3.63. The minimum atomic E-state index is -0.216. The Balaban J connectivity index is 2.23. The van der Waals surface area contributed by atoms with Crippen LogP contribution < -0.4 is 5.43 Å². The molecule has 4 heteroatoms. The molecule has 0 aliphatic carbocycles. The van der Waals surface area contributed by atoms with Crippen LogP contribution in [0.15, 0.2) is 57.7 Å². The number of hydrogen-bond donors (Lipinski definition) is 2. The van der Waals surface area contributed by atoms with E-state index in [1.54, 1.807) is 30.3 Å². The van der Waals surface area contributed by atoms with Crippen molar-refractivity contribution in [2.45, 2.75) is 0 Å². The van der Waals surface area contributed by atoms with E-state index in [-0.39, 0.29) is 16.9 Å². The first-order valence-electron chi connectivity index (χ1n) is 6.45. The van der Waals surface area contributed by atoms with Crippen LogP contribution in [-0.4, -0.2) is 10.2 Å². The van der Waals surface area contributed by atoms with E-state index in [1.165, 1.54) is 12.1 Å². The van der Waals surface area contributed by atoms with Gasteiger partial charge < -0.3 is 14.6 Å². The van der Waals surface area contributed by atoms with Crippen LogP contribution in [0.1, 0.15) is 0 Å². The maximum atomic E-state index is 12.5. The molecular weight excluding hydrogens is 268 g/mol. The van der Waals surface area contributed by atoms with E-state index in [0.717, 1.165) is 0 Å². The maximum Gasteiger partial charge on any atom is 0.200 e. The topological polar surface area (TPSA) is 70.7 Å². The zero-order chi connectivity index (χ0) is 14.6. The van der Waals surface area contributed by atoms with Gasteiger partial charge in [0, 0.05) is 0 Å². The molecule has 4 aromatic rings. The second kappa shape index (κ2) is 3.99. The highest BCUT2D eigenvalue weighted by Gasteiger charge is 2.10. The van der Waals surface area contributed by atoms with Gasteiger partial charge in [0.15, 0.2) is 11.5 Å². The van der Waals surface area contributed by atoms with E-state index >= 15 is 0 Å². The average molecular weight is 278 g/mol. The Morgan fingerprint density at radius 2 is 1.43 bits per heavy atom. The van der Waals surface area contributed by atoms with Crippen LogP contribution in [0, 0.1) is 0 Å². The number of fused-ring (bicyclic) bond motifs is 3. The van der Waals surface area contributed by atoms with Gasteiger partial charge in [-0.15, -0.1) is 0 Å². The summed E-state index contributed by atoms with van der Waals surface area (Å²) in [6, 6.07) is 13.3. The molecule has 0 amide bonds. The second-order valence-electron chi connectivity index (χ2n) is 4.96. The van der Waals surface area contributed by atoms with Gasteiger partial charge in [-0.1, -0.05) is 12.1 Å². The van der Waals surface area contributed by atoms with Crippen molar-refractivity contribution in [2.24, 2.45) is 0 Å². The summed E-state index contributed by atoms with van der Waals surface area (Å²) in [6.45, 7) is 0. The number of aromatic hydroxyl groups is 2. The summed E-state index contributed by atoms with van der Waals surface area (Å²) in [5.74, 6) is -0.419. The van der Waals surface area contributed by atoms with Gasteiger partial charge in [0.2, 0.25) is 5.43 Å². The molecule has 4 rings (SSSR count). The monoisotopic (exact) mass is 278 g/mol. The second-order valence-corrected chi connectivity index (χ2v) is 4.96. The van der Waals surface area contributed by atoms with E-state index in [0.29, 0.717) is 32.7 Å². The SMILES string of the molecule is O=c1c2ccccc2oc2cc3cc(O)c(O)cc3cc12. The molecule has 1 aromatic heterocycles. The van der Waals surface area contributed by atoms with E-state index < -0.39 is 0 Å². The number of para-hydroxylation sites is 1. The van der Waals surface area contributed by atoms with Crippen molar-refractivity contribution in [1.29, 1.82) is 0 Å². The van der Waals surface area contributed by atoms with Crippen molar-refractivity contribution in [2.75, 3.05) is 0 Å². The Kier molecular flexibility index (Phi) is 2.24. The molecule has 0 aliphatic rings. The molecule has 0 aliphatic heterocycles. The van der Waals surface area contributed by atoms with Crippen LogP contribution >= 0.6 is 0 Å². The summed E-state index contributed by atoms with van der Waals surface area (Å²) >= 11 is 0. The van der Waals surface area contributed by atoms with Gasteiger partial charge in [0.25, 0.3) is 0 Å². The average Bonchev–Trinajstić information content (AvgIpc) is 2.48. The van der Waals surface area contributed by atoms with Gasteiger partial charge in [-0.05, 0) is 47.2 Å². The highest BCUT2D eigenvalue weighted by Crippen LogP contribution is 2.32. The minimum absolute atomic E-state index is 0.110. The van der Waals surface area contributed by atoms with E-state index in [1.807, 2.05) is 6.07 Å². The first-order valence-corrected chi connectivity index (χ1v) is 6.45. The fourth-order valence-corrected chi connectivity index (χ4v) is 2.57. The van der Waals surface area contributed by atoms with E-state index in [9.17, 15) is 15.0 Å². The Hall–Kier alpha value is -3.01. The maximum absolute atomic E-state index is 12.5. The molecule has 3 aromatic carbocycles. The zero-order valence-corrected chi connectivity index (χ0v) is 10.8. The van der Waals surface area contributed by atoms with Crippen molar-refractivity contribution in [3.63, 3.8) is 0 Å². The first kappa shape index (κ1) is 11.8. The Morgan fingerprint density at radius 1 is 0.762 bits per heavy atom. The van der Waals surface area contributed by atoms with Crippen molar-refractivity contribution < 1.29 is 14.6 Å². The lowest BCUT2D eigenvalue weighted by molar-refractivity contribution is 0.405. The van der Waals surface area contributed by atoms with Crippen molar-refractivity contribution in [3.05, 3.63) is 58.8 Å². The fourth-order valence-electron chi connectivity index (χ4n) is 2.57. The number of rotatable bonds is 0. The first-order chi connectivity index (χ1) is 10.1. The molecule has 0 bridgehead atoms. The third-order valence-corrected chi connectivity index (χ3v) is 3.63. The van der Waals surface area contributed by atoms with Gasteiger partial charge in [-0.3, -0.25) is 4.79 Å². The molecule has 0 saturated heterocycles. The minimum Gasteiger partial charge on any atom is -0.504 e. The summed E-state index contributed by atoms with van der Waals surface area (Å²) < 4.78 is 5.76. The summed E-state index contributed by atoms with van der Waals surface area (Å²) in [4.78, 5) is 12.5. The van der Waals surface area contributed by atoms with Crippen molar-refractivity contribution in [3.8, 4) is 11.5 Å². The predicted molar refractivity (Wildman–Crippen MR) is 80.8 cm³/mol. The van der Waals surface area contributed by atoms with E-state index in [2.05, 4.69) is 0 Å². The highest BCUT2D eigenvalue weighted by atomic mass is 16.3. The predicted octanol–water partition coefficient (Wildman–Crippen LogP) is 3.51. The molecular formula is C17H10O4. The number of hydrogen-bond acceptors (Lipinski definition) is 4. The quantitative estimate of drug-likeness (QED) is 0.381. The summed E-state index contributed by atoms with van der Waals surface area (Å²) in [7, 11) is 0. The molecule has 0 atom stereocenters. The van der Waals surface area contributed by atoms with Crippen LogP contribution in [0.25, 0.3) is 32.7 Å². The van der Waals surface area contributed by atoms with Crippen molar-refractivity contribution in [1.82, 2.24) is 0 Å². The standard InChI is InChI=1S/C17H10O4/c18-13-6-9-5-12-16(8-10(9)7-14(13)19)21-15-4-2-1-3-11(15)17(12)20/h1-8,18-19H. The molecule has 0 unspecified atom stereocenters. The molecule has 2 N–H and O–H groups in total. The van der Waals surface area contributed by atoms with Gasteiger partial charge in [0.05, 0.1) is 10.8 Å². The summed E-state index contributed by atoms with van der Waals surface area (Å²) in [5.41, 5.74) is 0.870. The van der Waals surface area contributed by atoms with Gasteiger partial charge >= 0.3 is 0 Å². The molecule has 4 nitrogen and oxygen atoms in total. The Morgan fingerprint density at radius 3 is 2.19 bits per heavy atom. The van der Waals surface area contributed by atoms with Crippen LogP contribution in [0.2, 0.25) is 0 Å². The number of benzene rings is 3. The number of phenols is 2. The summed E-state index contributed by atoms with van der Waals surface area (Å²) in [6.07, 6.45) is 0. The molecule has 21 heavy (non-hydrogen) atoms. The third kappa shape index (κ3) is 1.66. The van der Waals surface area contributed by atoms with E-state index in [4.69, 9.17) is 4.42 Å². The van der Waals surface area contributed by atoms with Crippen LogP contribution in [0.3, 0.4) is 0 Å². The smallest absolute Gasteiger partial charge is 0.200 e. The largest absolute Gasteiger partial charge is 0.504 e. The lowest BCUT2D eigenvalue weighted by Crippen LogP contribution is -2.01. The molecule has 0 saturated carbocycles. The molecule has 102 valence electrons. The lowest BCUT2D eigenvalue weighted by atomic mass is 10.1.